The summed E-state index contributed by atoms with van der Waals surface area (Å²) < 4.78 is 1.98. The first-order chi connectivity index (χ1) is 12.7. The molecule has 0 saturated heterocycles. The lowest BCUT2D eigenvalue weighted by Crippen LogP contribution is -2.27. The van der Waals surface area contributed by atoms with Gasteiger partial charge in [-0.1, -0.05) is 48.2 Å². The highest BCUT2D eigenvalue weighted by Crippen LogP contribution is 2.36. The van der Waals surface area contributed by atoms with Crippen molar-refractivity contribution in [3.8, 4) is 0 Å². The molecule has 0 saturated carbocycles. The van der Waals surface area contributed by atoms with Gasteiger partial charge in [0, 0.05) is 31.6 Å². The van der Waals surface area contributed by atoms with Gasteiger partial charge in [-0.25, -0.2) is 4.98 Å². The van der Waals surface area contributed by atoms with Gasteiger partial charge in [-0.15, -0.1) is 0 Å². The molecule has 1 aliphatic heterocycles. The van der Waals surface area contributed by atoms with Crippen LogP contribution in [0.2, 0.25) is 0 Å². The molecule has 3 aromatic rings. The maximum absolute atomic E-state index is 13.2. The van der Waals surface area contributed by atoms with Crippen LogP contribution in [0.25, 0.3) is 0 Å². The highest BCUT2D eigenvalue weighted by Gasteiger charge is 2.25. The third-order valence-corrected chi connectivity index (χ3v) is 5.76. The number of fused-ring (bicyclic) bond motifs is 2. The number of carbonyl (C=O) groups is 1. The second kappa shape index (κ2) is 7.38. The van der Waals surface area contributed by atoms with E-state index < -0.39 is 0 Å². The molecule has 1 aliphatic rings. The van der Waals surface area contributed by atoms with Crippen LogP contribution in [0.3, 0.4) is 0 Å². The number of thioether (sulfide) groups is 1. The van der Waals surface area contributed by atoms with Crippen LogP contribution >= 0.6 is 11.8 Å². The van der Waals surface area contributed by atoms with E-state index in [0.29, 0.717) is 12.2 Å². The number of hydrogen-bond donors (Lipinski definition) is 0. The van der Waals surface area contributed by atoms with E-state index >= 15 is 0 Å². The van der Waals surface area contributed by atoms with Crippen LogP contribution < -0.4 is 4.90 Å². The summed E-state index contributed by atoms with van der Waals surface area (Å²) in [6.45, 7) is 0. The zero-order valence-electron chi connectivity index (χ0n) is 14.8. The van der Waals surface area contributed by atoms with Crippen molar-refractivity contribution in [2.45, 2.75) is 24.4 Å². The van der Waals surface area contributed by atoms with Crippen LogP contribution in [0.15, 0.2) is 66.1 Å². The molecule has 0 N–H and O–H groups in total. The highest BCUT2D eigenvalue weighted by atomic mass is 32.2. The summed E-state index contributed by atoms with van der Waals surface area (Å²) in [7, 11) is 1.97. The van der Waals surface area contributed by atoms with Crippen molar-refractivity contribution in [3.05, 3.63) is 72.1 Å². The maximum atomic E-state index is 13.2. The molecular formula is C21H21N3OS. The van der Waals surface area contributed by atoms with E-state index in [-0.39, 0.29) is 5.91 Å². The van der Waals surface area contributed by atoms with Crippen molar-refractivity contribution >= 4 is 29.0 Å². The van der Waals surface area contributed by atoms with Crippen molar-refractivity contribution in [2.24, 2.45) is 7.05 Å². The van der Waals surface area contributed by atoms with Gasteiger partial charge in [0.2, 0.25) is 5.91 Å². The van der Waals surface area contributed by atoms with Gasteiger partial charge in [-0.2, -0.15) is 0 Å². The van der Waals surface area contributed by atoms with E-state index in [4.69, 9.17) is 0 Å². The first-order valence-corrected chi connectivity index (χ1v) is 9.81. The Kier molecular flexibility index (Phi) is 4.80. The molecule has 1 amide bonds. The van der Waals surface area contributed by atoms with Crippen LogP contribution in [-0.4, -0.2) is 21.2 Å². The Morgan fingerprint density at radius 1 is 1.04 bits per heavy atom. The Bertz CT molecular complexity index is 887. The average Bonchev–Trinajstić information content (AvgIpc) is 2.98. The fraction of sp³-hybridized carbons (Fsp3) is 0.238. The lowest BCUT2D eigenvalue weighted by molar-refractivity contribution is -0.117. The van der Waals surface area contributed by atoms with E-state index in [1.807, 2.05) is 34.8 Å². The molecule has 0 spiro atoms. The number of amides is 1. The molecule has 132 valence electrons. The van der Waals surface area contributed by atoms with Crippen LogP contribution in [-0.2, 0) is 24.7 Å². The topological polar surface area (TPSA) is 38.1 Å². The summed E-state index contributed by atoms with van der Waals surface area (Å²) in [6.07, 6.45) is 6.09. The molecule has 4 rings (SSSR count). The molecule has 0 fully saturated rings. The summed E-state index contributed by atoms with van der Waals surface area (Å²) in [6, 6.07) is 16.5. The molecule has 1 aromatic heterocycles. The zero-order valence-corrected chi connectivity index (χ0v) is 15.6. The molecule has 0 bridgehead atoms. The number of imidazole rings is 1. The Hall–Kier alpha value is -2.53. The highest BCUT2D eigenvalue weighted by molar-refractivity contribution is 7.99. The largest absolute Gasteiger partial charge is 0.329 e. The van der Waals surface area contributed by atoms with Crippen LogP contribution in [0, 0.1) is 0 Å². The summed E-state index contributed by atoms with van der Waals surface area (Å²) in [4.78, 5) is 19.4. The van der Waals surface area contributed by atoms with Gasteiger partial charge in [0.25, 0.3) is 0 Å². The Balaban J connectivity index is 1.60. The number of hydrogen-bond acceptors (Lipinski definition) is 3. The lowest BCUT2D eigenvalue weighted by Gasteiger charge is -2.25. The standard InChI is InChI=1S/C21H21N3OS/c1-23-14-13-22-21(23)26-15-12-20(25)24-18-8-4-2-6-16(18)10-11-17-7-3-5-9-19(17)24/h2-9,13-14H,10-12,15H2,1H3. The molecule has 2 heterocycles. The van der Waals surface area contributed by atoms with E-state index in [0.717, 1.165) is 29.4 Å². The number of anilines is 2. The molecule has 26 heavy (non-hydrogen) atoms. The van der Waals surface area contributed by atoms with Gasteiger partial charge in [0.05, 0.1) is 11.4 Å². The van der Waals surface area contributed by atoms with Crippen molar-refractivity contribution in [1.82, 2.24) is 9.55 Å². The SMILES string of the molecule is Cn1ccnc1SCCC(=O)N1c2ccccc2CCc2ccccc21. The van der Waals surface area contributed by atoms with Crippen LogP contribution in [0.5, 0.6) is 0 Å². The molecule has 0 radical (unpaired) electrons. The minimum absolute atomic E-state index is 0.133. The number of aromatic nitrogens is 2. The molecule has 0 unspecified atom stereocenters. The predicted molar refractivity (Wildman–Crippen MR) is 106 cm³/mol. The van der Waals surface area contributed by atoms with E-state index in [9.17, 15) is 4.79 Å². The second-order valence-electron chi connectivity index (χ2n) is 6.41. The summed E-state index contributed by atoms with van der Waals surface area (Å²) >= 11 is 1.62. The Labute approximate surface area is 157 Å². The minimum Gasteiger partial charge on any atom is -0.329 e. The summed E-state index contributed by atoms with van der Waals surface area (Å²) in [5.41, 5.74) is 4.50. The third-order valence-electron chi connectivity index (χ3n) is 4.70. The van der Waals surface area contributed by atoms with Gasteiger partial charge >= 0.3 is 0 Å². The number of aryl methyl sites for hydroxylation is 3. The van der Waals surface area contributed by atoms with Gasteiger partial charge < -0.3 is 4.57 Å². The number of carbonyl (C=O) groups excluding carboxylic acids is 1. The van der Waals surface area contributed by atoms with Crippen molar-refractivity contribution < 1.29 is 4.79 Å². The van der Waals surface area contributed by atoms with Crippen LogP contribution in [0.1, 0.15) is 17.5 Å². The molecular weight excluding hydrogens is 342 g/mol. The van der Waals surface area contributed by atoms with Crippen molar-refractivity contribution in [3.63, 3.8) is 0 Å². The zero-order chi connectivity index (χ0) is 17.9. The van der Waals surface area contributed by atoms with E-state index in [1.165, 1.54) is 11.1 Å². The normalized spacial score (nSPS) is 13.0. The smallest absolute Gasteiger partial charge is 0.232 e. The molecule has 0 atom stereocenters. The van der Waals surface area contributed by atoms with Gasteiger partial charge in [0.15, 0.2) is 5.16 Å². The number of nitrogens with zero attached hydrogens (tertiary/aromatic N) is 3. The monoisotopic (exact) mass is 363 g/mol. The van der Waals surface area contributed by atoms with Gasteiger partial charge in [0.1, 0.15) is 0 Å². The first kappa shape index (κ1) is 16.9. The van der Waals surface area contributed by atoms with E-state index in [1.54, 1.807) is 18.0 Å². The third kappa shape index (κ3) is 3.27. The number of benzene rings is 2. The molecule has 2 aromatic carbocycles. The summed E-state index contributed by atoms with van der Waals surface area (Å²) in [5, 5.41) is 0.939. The minimum atomic E-state index is 0.133. The first-order valence-electron chi connectivity index (χ1n) is 8.83. The molecule has 4 nitrogen and oxygen atoms in total. The van der Waals surface area contributed by atoms with Gasteiger partial charge in [-0.3, -0.25) is 9.69 Å². The van der Waals surface area contributed by atoms with Gasteiger partial charge in [-0.05, 0) is 36.1 Å². The second-order valence-corrected chi connectivity index (χ2v) is 7.47. The number of para-hydroxylation sites is 2. The van der Waals surface area contributed by atoms with Crippen LogP contribution in [0.4, 0.5) is 11.4 Å². The molecule has 0 aliphatic carbocycles. The Morgan fingerprint density at radius 3 is 2.23 bits per heavy atom. The fourth-order valence-electron chi connectivity index (χ4n) is 3.38. The Morgan fingerprint density at radius 2 is 1.65 bits per heavy atom. The van der Waals surface area contributed by atoms with Crippen molar-refractivity contribution in [2.75, 3.05) is 10.7 Å². The summed E-state index contributed by atoms with van der Waals surface area (Å²) in [5.74, 6) is 0.846. The maximum Gasteiger partial charge on any atom is 0.232 e. The fourth-order valence-corrected chi connectivity index (χ4v) is 4.24. The quantitative estimate of drug-likeness (QED) is 0.646. The molecule has 5 heteroatoms. The van der Waals surface area contributed by atoms with Crippen molar-refractivity contribution in [1.29, 1.82) is 0 Å². The predicted octanol–water partition coefficient (Wildman–Crippen LogP) is 4.37. The average molecular weight is 363 g/mol. The van der Waals surface area contributed by atoms with E-state index in [2.05, 4.69) is 41.4 Å². The number of rotatable bonds is 4. The lowest BCUT2D eigenvalue weighted by atomic mass is 10.0.